The number of aromatic nitrogens is 2. The van der Waals surface area contributed by atoms with Crippen LogP contribution >= 0.6 is 0 Å². The summed E-state index contributed by atoms with van der Waals surface area (Å²) in [6.45, 7) is 1.27. The molecule has 4 rings (SSSR count). The first kappa shape index (κ1) is 20.4. The number of amides is 1. The highest BCUT2D eigenvalue weighted by molar-refractivity contribution is 5.90. The number of carbonyl (C=O) groups excluding carboxylic acids is 1. The summed E-state index contributed by atoms with van der Waals surface area (Å²) in [5.74, 6) is 0.788. The van der Waals surface area contributed by atoms with Gasteiger partial charge in [-0.15, -0.1) is 0 Å². The summed E-state index contributed by atoms with van der Waals surface area (Å²) in [5, 5.41) is 3.61. The van der Waals surface area contributed by atoms with E-state index in [0.717, 1.165) is 33.6 Å². The Kier molecular flexibility index (Phi) is 6.44. The highest BCUT2D eigenvalue weighted by Crippen LogP contribution is 2.26. The van der Waals surface area contributed by atoms with Gasteiger partial charge in [0.1, 0.15) is 24.6 Å². The third-order valence-corrected chi connectivity index (χ3v) is 4.65. The number of H-pyrrole nitrogens is 1. The van der Waals surface area contributed by atoms with Crippen LogP contribution in [0.5, 0.6) is 5.75 Å². The lowest BCUT2D eigenvalue weighted by Gasteiger charge is -2.06. The van der Waals surface area contributed by atoms with Gasteiger partial charge in [-0.1, -0.05) is 30.3 Å². The number of ether oxygens (including phenoxy) is 3. The number of hydrogen-bond acceptors (Lipinski definition) is 5. The van der Waals surface area contributed by atoms with Crippen LogP contribution in [0.4, 0.5) is 10.5 Å². The second-order valence-electron chi connectivity index (χ2n) is 6.90. The molecule has 0 atom stereocenters. The van der Waals surface area contributed by atoms with E-state index in [-0.39, 0.29) is 6.61 Å². The highest BCUT2D eigenvalue weighted by atomic mass is 16.5. The van der Waals surface area contributed by atoms with Crippen LogP contribution in [0.25, 0.3) is 22.3 Å². The molecule has 0 spiro atoms. The Bertz CT molecular complexity index is 1140. The number of fused-ring (bicyclic) bond motifs is 1. The monoisotopic (exact) mass is 417 g/mol. The quantitative estimate of drug-likeness (QED) is 0.394. The van der Waals surface area contributed by atoms with Crippen LogP contribution in [-0.4, -0.2) is 36.4 Å². The molecule has 7 nitrogen and oxygen atoms in total. The van der Waals surface area contributed by atoms with Gasteiger partial charge in [0.05, 0.1) is 18.5 Å². The summed E-state index contributed by atoms with van der Waals surface area (Å²) in [4.78, 5) is 19.8. The van der Waals surface area contributed by atoms with Gasteiger partial charge in [-0.25, -0.2) is 9.78 Å². The summed E-state index contributed by atoms with van der Waals surface area (Å²) in [5.41, 5.74) is 4.16. The normalized spacial score (nSPS) is 10.7. The first-order valence-electron chi connectivity index (χ1n) is 9.90. The molecule has 2 N–H and O–H groups in total. The number of hydrogen-bond donors (Lipinski definition) is 2. The average Bonchev–Trinajstić information content (AvgIpc) is 3.22. The van der Waals surface area contributed by atoms with Crippen LogP contribution in [0.2, 0.25) is 0 Å². The van der Waals surface area contributed by atoms with Crippen molar-refractivity contribution in [3.05, 3.63) is 78.5 Å². The van der Waals surface area contributed by atoms with Crippen LogP contribution in [0.1, 0.15) is 5.56 Å². The maximum absolute atomic E-state index is 12.1. The second-order valence-corrected chi connectivity index (χ2v) is 6.90. The van der Waals surface area contributed by atoms with E-state index in [0.29, 0.717) is 18.9 Å². The molecule has 158 valence electrons. The van der Waals surface area contributed by atoms with Crippen LogP contribution in [0, 0.1) is 0 Å². The van der Waals surface area contributed by atoms with Gasteiger partial charge in [0.15, 0.2) is 0 Å². The molecule has 0 bridgehead atoms. The molecule has 0 fully saturated rings. The van der Waals surface area contributed by atoms with Crippen molar-refractivity contribution in [2.75, 3.05) is 25.6 Å². The topological polar surface area (TPSA) is 85.5 Å². The van der Waals surface area contributed by atoms with Crippen molar-refractivity contribution in [1.29, 1.82) is 0 Å². The number of pyridine rings is 1. The fourth-order valence-electron chi connectivity index (χ4n) is 3.09. The lowest BCUT2D eigenvalue weighted by Crippen LogP contribution is -2.13. The number of nitrogens with zero attached hydrogens (tertiary/aromatic N) is 1. The van der Waals surface area contributed by atoms with Gasteiger partial charge in [-0.2, -0.15) is 0 Å². The second kappa shape index (κ2) is 9.77. The lowest BCUT2D eigenvalue weighted by atomic mass is 10.1. The fourth-order valence-corrected chi connectivity index (χ4v) is 3.09. The van der Waals surface area contributed by atoms with Crippen LogP contribution in [0.15, 0.2) is 72.9 Å². The van der Waals surface area contributed by atoms with Crippen molar-refractivity contribution < 1.29 is 19.0 Å². The molecule has 2 aromatic heterocycles. The Hall–Kier alpha value is -3.84. The van der Waals surface area contributed by atoms with E-state index in [1.54, 1.807) is 13.3 Å². The Balaban J connectivity index is 1.40. The minimum Gasteiger partial charge on any atom is -0.491 e. The molecular formula is C24H23N3O4. The summed E-state index contributed by atoms with van der Waals surface area (Å²) in [6.07, 6.45) is 1.07. The zero-order valence-corrected chi connectivity index (χ0v) is 17.1. The van der Waals surface area contributed by atoms with Gasteiger partial charge in [0.25, 0.3) is 0 Å². The Morgan fingerprint density at radius 3 is 2.61 bits per heavy atom. The van der Waals surface area contributed by atoms with Crippen molar-refractivity contribution in [2.24, 2.45) is 0 Å². The molecule has 0 aliphatic rings. The standard InChI is InChI=1S/C24H23N3O4/c1-29-11-12-30-21-9-7-18(8-10-21)22-14-19-13-20(15-25-23(19)27-22)26-24(28)31-16-17-5-3-2-4-6-17/h2-10,13-15H,11-12,16H2,1H3,(H,25,27)(H,26,28). The minimum absolute atomic E-state index is 0.210. The summed E-state index contributed by atoms with van der Waals surface area (Å²) in [6, 6.07) is 21.2. The lowest BCUT2D eigenvalue weighted by molar-refractivity contribution is 0.146. The van der Waals surface area contributed by atoms with Crippen molar-refractivity contribution in [3.8, 4) is 17.0 Å². The van der Waals surface area contributed by atoms with Crippen molar-refractivity contribution in [3.63, 3.8) is 0 Å². The summed E-state index contributed by atoms with van der Waals surface area (Å²) in [7, 11) is 1.64. The van der Waals surface area contributed by atoms with Gasteiger partial charge >= 0.3 is 6.09 Å². The number of nitrogens with one attached hydrogen (secondary N) is 2. The first-order chi connectivity index (χ1) is 15.2. The fraction of sp³-hybridized carbons (Fsp3) is 0.167. The number of carbonyl (C=O) groups is 1. The first-order valence-corrected chi connectivity index (χ1v) is 9.90. The minimum atomic E-state index is -0.523. The van der Waals surface area contributed by atoms with Gasteiger partial charge in [-0.3, -0.25) is 5.32 Å². The number of methoxy groups -OCH3 is 1. The van der Waals surface area contributed by atoms with Crippen molar-refractivity contribution in [1.82, 2.24) is 9.97 Å². The molecule has 0 unspecified atom stereocenters. The van der Waals surface area contributed by atoms with Gasteiger partial charge in [-0.05, 0) is 47.5 Å². The van der Waals surface area contributed by atoms with E-state index >= 15 is 0 Å². The molecule has 0 saturated heterocycles. The van der Waals surface area contributed by atoms with E-state index in [2.05, 4.69) is 15.3 Å². The van der Waals surface area contributed by atoms with E-state index in [1.807, 2.05) is 66.7 Å². The van der Waals surface area contributed by atoms with Gasteiger partial charge in [0, 0.05) is 18.2 Å². The SMILES string of the molecule is COCCOc1ccc(-c2cc3cc(NC(=O)OCc4ccccc4)cnc3[nH]2)cc1. The van der Waals surface area contributed by atoms with E-state index in [9.17, 15) is 4.79 Å². The van der Waals surface area contributed by atoms with Crippen LogP contribution < -0.4 is 10.1 Å². The molecule has 2 heterocycles. The highest BCUT2D eigenvalue weighted by Gasteiger charge is 2.09. The van der Waals surface area contributed by atoms with Crippen LogP contribution in [0.3, 0.4) is 0 Å². The number of benzene rings is 2. The van der Waals surface area contributed by atoms with E-state index in [4.69, 9.17) is 14.2 Å². The molecule has 0 saturated carbocycles. The van der Waals surface area contributed by atoms with E-state index in [1.165, 1.54) is 0 Å². The Morgan fingerprint density at radius 2 is 1.84 bits per heavy atom. The van der Waals surface area contributed by atoms with Crippen LogP contribution in [-0.2, 0) is 16.1 Å². The molecule has 1 amide bonds. The molecule has 2 aromatic carbocycles. The number of anilines is 1. The summed E-state index contributed by atoms with van der Waals surface area (Å²) >= 11 is 0. The largest absolute Gasteiger partial charge is 0.491 e. The molecular weight excluding hydrogens is 394 g/mol. The summed E-state index contributed by atoms with van der Waals surface area (Å²) < 4.78 is 15.8. The van der Waals surface area contributed by atoms with Crippen molar-refractivity contribution in [2.45, 2.75) is 6.61 Å². The van der Waals surface area contributed by atoms with Crippen molar-refractivity contribution >= 4 is 22.8 Å². The van der Waals surface area contributed by atoms with Gasteiger partial charge in [0.2, 0.25) is 0 Å². The predicted octanol–water partition coefficient (Wildman–Crippen LogP) is 5.00. The van der Waals surface area contributed by atoms with Gasteiger partial charge < -0.3 is 19.2 Å². The molecule has 0 aliphatic carbocycles. The smallest absolute Gasteiger partial charge is 0.412 e. The maximum Gasteiger partial charge on any atom is 0.412 e. The Morgan fingerprint density at radius 1 is 1.03 bits per heavy atom. The molecule has 4 aromatic rings. The molecule has 0 radical (unpaired) electrons. The predicted molar refractivity (Wildman–Crippen MR) is 119 cm³/mol. The number of aromatic amines is 1. The number of rotatable bonds is 8. The average molecular weight is 417 g/mol. The maximum atomic E-state index is 12.1. The molecule has 31 heavy (non-hydrogen) atoms. The van der Waals surface area contributed by atoms with E-state index < -0.39 is 6.09 Å². The zero-order valence-electron chi connectivity index (χ0n) is 17.1. The molecule has 7 heteroatoms. The zero-order chi connectivity index (χ0) is 21.5. The molecule has 0 aliphatic heterocycles. The third-order valence-electron chi connectivity index (χ3n) is 4.65. The Labute approximate surface area is 180 Å². The third kappa shape index (κ3) is 5.40.